The fourth-order valence-electron chi connectivity index (χ4n) is 4.00. The number of nitrogens with one attached hydrogen (secondary N) is 1. The number of amides is 1. The average Bonchev–Trinajstić information content (AvgIpc) is 3.61. The Morgan fingerprint density at radius 2 is 1.77 bits per heavy atom. The van der Waals surface area contributed by atoms with E-state index in [-0.39, 0.29) is 29.3 Å². The van der Waals surface area contributed by atoms with E-state index in [4.69, 9.17) is 4.52 Å². The second-order valence-electron chi connectivity index (χ2n) is 8.34. The van der Waals surface area contributed by atoms with Crippen LogP contribution in [-0.2, 0) is 16.6 Å². The number of hydrogen-bond acceptors (Lipinski definition) is 7. The van der Waals surface area contributed by atoms with Crippen LogP contribution in [0, 0.1) is 0 Å². The smallest absolute Gasteiger partial charge is 0.259 e. The molecule has 6 rings (SSSR count). The van der Waals surface area contributed by atoms with Crippen molar-refractivity contribution in [3.63, 3.8) is 0 Å². The predicted molar refractivity (Wildman–Crippen MR) is 131 cm³/mol. The highest BCUT2D eigenvalue weighted by molar-refractivity contribution is 7.99. The molecular formula is C25H20N4O4S2. The zero-order valence-electron chi connectivity index (χ0n) is 18.4. The molecular weight excluding hydrogens is 484 g/mol. The minimum atomic E-state index is -3.69. The number of rotatable bonds is 6. The van der Waals surface area contributed by atoms with Crippen molar-refractivity contribution < 1.29 is 17.7 Å². The lowest BCUT2D eigenvalue weighted by Gasteiger charge is -2.22. The van der Waals surface area contributed by atoms with Gasteiger partial charge in [0.25, 0.3) is 5.91 Å². The van der Waals surface area contributed by atoms with E-state index in [1.54, 1.807) is 30.0 Å². The van der Waals surface area contributed by atoms with Crippen molar-refractivity contribution in [2.45, 2.75) is 40.1 Å². The van der Waals surface area contributed by atoms with Gasteiger partial charge in [0, 0.05) is 21.4 Å². The van der Waals surface area contributed by atoms with Crippen LogP contribution in [0.15, 0.2) is 92.0 Å². The summed E-state index contributed by atoms with van der Waals surface area (Å²) in [6, 6.07) is 21.7. The van der Waals surface area contributed by atoms with Gasteiger partial charge >= 0.3 is 0 Å². The predicted octanol–water partition coefficient (Wildman–Crippen LogP) is 4.49. The molecule has 1 aliphatic heterocycles. The summed E-state index contributed by atoms with van der Waals surface area (Å²) in [6.45, 7) is -0.124. The van der Waals surface area contributed by atoms with Gasteiger partial charge in [-0.25, -0.2) is 13.1 Å². The van der Waals surface area contributed by atoms with E-state index < -0.39 is 10.0 Å². The molecule has 176 valence electrons. The summed E-state index contributed by atoms with van der Waals surface area (Å²) in [7, 11) is -3.69. The van der Waals surface area contributed by atoms with Crippen LogP contribution in [0.1, 0.15) is 29.1 Å². The van der Waals surface area contributed by atoms with E-state index >= 15 is 0 Å². The standard InChI is InChI=1S/C25H20N4O4S2/c30-25-19-8-4-5-9-21(19)34-22-14-16(10-13-20(22)29(25)17-11-12-17)24-27-23(33-28-24)15-26-35(31,32)18-6-2-1-3-7-18/h1-10,13-14,17,26H,11-12,15H2. The molecule has 10 heteroatoms. The summed E-state index contributed by atoms with van der Waals surface area (Å²) in [5.74, 6) is 0.529. The number of sulfonamides is 1. The molecule has 1 amide bonds. The molecule has 35 heavy (non-hydrogen) atoms. The third-order valence-corrected chi connectivity index (χ3v) is 8.42. The summed E-state index contributed by atoms with van der Waals surface area (Å²) in [5.41, 5.74) is 2.30. The van der Waals surface area contributed by atoms with Crippen LogP contribution in [0.3, 0.4) is 0 Å². The second kappa shape index (κ2) is 8.63. The van der Waals surface area contributed by atoms with Gasteiger partial charge in [-0.3, -0.25) is 4.79 Å². The largest absolute Gasteiger partial charge is 0.338 e. The van der Waals surface area contributed by atoms with Crippen molar-refractivity contribution >= 4 is 33.4 Å². The first-order valence-electron chi connectivity index (χ1n) is 11.1. The number of fused-ring (bicyclic) bond motifs is 2. The molecule has 1 fully saturated rings. The van der Waals surface area contributed by atoms with Gasteiger partial charge in [-0.2, -0.15) is 4.98 Å². The molecule has 4 aromatic rings. The van der Waals surface area contributed by atoms with Crippen LogP contribution in [0.25, 0.3) is 11.4 Å². The summed E-state index contributed by atoms with van der Waals surface area (Å²) in [5, 5.41) is 4.05. The summed E-state index contributed by atoms with van der Waals surface area (Å²) in [6.07, 6.45) is 1.99. The fourth-order valence-corrected chi connectivity index (χ4v) is 6.10. The quantitative estimate of drug-likeness (QED) is 0.412. The van der Waals surface area contributed by atoms with Gasteiger partial charge in [0.1, 0.15) is 0 Å². The van der Waals surface area contributed by atoms with Crippen LogP contribution in [0.5, 0.6) is 0 Å². The Morgan fingerprint density at radius 3 is 2.57 bits per heavy atom. The first-order chi connectivity index (χ1) is 17.0. The van der Waals surface area contributed by atoms with Gasteiger partial charge in [-0.05, 0) is 55.3 Å². The highest BCUT2D eigenvalue weighted by Gasteiger charge is 2.38. The first kappa shape index (κ1) is 22.0. The van der Waals surface area contributed by atoms with Crippen molar-refractivity contribution in [2.75, 3.05) is 4.90 Å². The zero-order chi connectivity index (χ0) is 24.0. The maximum absolute atomic E-state index is 13.3. The van der Waals surface area contributed by atoms with Crippen LogP contribution in [0.2, 0.25) is 0 Å². The van der Waals surface area contributed by atoms with E-state index in [1.165, 1.54) is 12.1 Å². The summed E-state index contributed by atoms with van der Waals surface area (Å²) < 4.78 is 32.7. The van der Waals surface area contributed by atoms with E-state index in [2.05, 4.69) is 14.9 Å². The maximum atomic E-state index is 13.3. The molecule has 8 nitrogen and oxygen atoms in total. The molecule has 0 unspecified atom stereocenters. The van der Waals surface area contributed by atoms with Crippen molar-refractivity contribution in [3.8, 4) is 11.4 Å². The fraction of sp³-hybridized carbons (Fsp3) is 0.160. The van der Waals surface area contributed by atoms with Gasteiger partial charge in [0.15, 0.2) is 0 Å². The number of anilines is 1. The second-order valence-corrected chi connectivity index (χ2v) is 11.2. The number of benzene rings is 3. The lowest BCUT2D eigenvalue weighted by atomic mass is 10.1. The lowest BCUT2D eigenvalue weighted by Crippen LogP contribution is -2.32. The van der Waals surface area contributed by atoms with Gasteiger partial charge in [-0.15, -0.1) is 0 Å². The van der Waals surface area contributed by atoms with E-state index in [0.717, 1.165) is 33.9 Å². The number of nitrogens with zero attached hydrogens (tertiary/aromatic N) is 3. The lowest BCUT2D eigenvalue weighted by molar-refractivity contribution is 0.0982. The van der Waals surface area contributed by atoms with Crippen LogP contribution in [-0.4, -0.2) is 30.5 Å². The molecule has 2 aliphatic rings. The minimum Gasteiger partial charge on any atom is -0.338 e. The number of carbonyl (C=O) groups excluding carboxylic acids is 1. The zero-order valence-corrected chi connectivity index (χ0v) is 20.1. The van der Waals surface area contributed by atoms with Crippen LogP contribution >= 0.6 is 11.8 Å². The van der Waals surface area contributed by atoms with Gasteiger partial charge in [0.2, 0.25) is 21.7 Å². The third kappa shape index (κ3) is 4.24. The van der Waals surface area contributed by atoms with Crippen molar-refractivity contribution in [2.24, 2.45) is 0 Å². The molecule has 1 aromatic heterocycles. The highest BCUT2D eigenvalue weighted by Crippen LogP contribution is 2.46. The molecule has 3 aromatic carbocycles. The Hall–Kier alpha value is -3.47. The van der Waals surface area contributed by atoms with Crippen LogP contribution < -0.4 is 9.62 Å². The number of carbonyl (C=O) groups is 1. The molecule has 0 radical (unpaired) electrons. The first-order valence-corrected chi connectivity index (χ1v) is 13.4. The SMILES string of the molecule is O=C1c2ccccc2Sc2cc(-c3noc(CNS(=O)(=O)c4ccccc4)n3)ccc2N1C1CC1. The Kier molecular flexibility index (Phi) is 5.43. The molecule has 0 bridgehead atoms. The molecule has 1 N–H and O–H groups in total. The Bertz CT molecular complexity index is 1530. The maximum Gasteiger partial charge on any atom is 0.259 e. The molecule has 0 spiro atoms. The number of aromatic nitrogens is 2. The highest BCUT2D eigenvalue weighted by atomic mass is 32.2. The van der Waals surface area contributed by atoms with Crippen molar-refractivity contribution in [1.29, 1.82) is 0 Å². The molecule has 1 aliphatic carbocycles. The Balaban J connectivity index is 1.28. The normalized spacial score (nSPS) is 15.4. The van der Waals surface area contributed by atoms with Gasteiger partial charge in [-0.1, -0.05) is 47.3 Å². The molecule has 0 saturated heterocycles. The van der Waals surface area contributed by atoms with E-state index in [0.29, 0.717) is 11.4 Å². The third-order valence-electron chi connectivity index (χ3n) is 5.88. The van der Waals surface area contributed by atoms with Crippen molar-refractivity contribution in [1.82, 2.24) is 14.9 Å². The summed E-state index contributed by atoms with van der Waals surface area (Å²) >= 11 is 1.54. The molecule has 2 heterocycles. The molecule has 1 saturated carbocycles. The van der Waals surface area contributed by atoms with Gasteiger partial charge < -0.3 is 9.42 Å². The summed E-state index contributed by atoms with van der Waals surface area (Å²) in [4.78, 5) is 21.6. The minimum absolute atomic E-state index is 0.0228. The van der Waals surface area contributed by atoms with Gasteiger partial charge in [0.05, 0.1) is 22.7 Å². The topological polar surface area (TPSA) is 105 Å². The number of hydrogen-bond donors (Lipinski definition) is 1. The van der Waals surface area contributed by atoms with E-state index in [1.807, 2.05) is 47.4 Å². The monoisotopic (exact) mass is 504 g/mol. The van der Waals surface area contributed by atoms with Crippen LogP contribution in [0.4, 0.5) is 5.69 Å². The Morgan fingerprint density at radius 1 is 1.00 bits per heavy atom. The van der Waals surface area contributed by atoms with Crippen molar-refractivity contribution in [3.05, 3.63) is 84.3 Å². The average molecular weight is 505 g/mol. The Labute approximate surface area is 206 Å². The molecule has 0 atom stereocenters. The van der Waals surface area contributed by atoms with E-state index in [9.17, 15) is 13.2 Å².